The summed E-state index contributed by atoms with van der Waals surface area (Å²) in [5.74, 6) is 1.66. The van der Waals surface area contributed by atoms with E-state index in [1.807, 2.05) is 12.1 Å². The summed E-state index contributed by atoms with van der Waals surface area (Å²) in [5, 5.41) is 0. The number of carbonyl (C=O) groups excluding carboxylic acids is 1. The van der Waals surface area contributed by atoms with Crippen LogP contribution in [-0.2, 0) is 14.9 Å². The molecule has 4 aliphatic rings. The molecule has 3 fully saturated rings. The predicted molar refractivity (Wildman–Crippen MR) is 109 cm³/mol. The molecule has 1 saturated carbocycles. The zero-order chi connectivity index (χ0) is 19.3. The van der Waals surface area contributed by atoms with E-state index in [0.29, 0.717) is 12.1 Å². The first-order valence-corrected chi connectivity index (χ1v) is 10.7. The number of hydrogen-bond donors (Lipinski definition) is 0. The van der Waals surface area contributed by atoms with Crippen LogP contribution in [0.2, 0.25) is 0 Å². The molecular weight excluding hydrogens is 346 g/mol. The number of ether oxygens (including phenoxy) is 1. The van der Waals surface area contributed by atoms with Crippen LogP contribution in [-0.4, -0.2) is 42.7 Å². The van der Waals surface area contributed by atoms with E-state index in [4.69, 9.17) is 4.74 Å². The number of esters is 1. The highest BCUT2D eigenvalue weighted by Gasteiger charge is 2.68. The third-order valence-electron chi connectivity index (χ3n) is 8.50. The molecule has 2 bridgehead atoms. The second-order valence-corrected chi connectivity index (χ2v) is 10.0. The van der Waals surface area contributed by atoms with E-state index in [-0.39, 0.29) is 12.1 Å². The first-order valence-electron chi connectivity index (χ1n) is 10.7. The highest BCUT2D eigenvalue weighted by Crippen LogP contribution is 2.61. The molecule has 28 heavy (non-hydrogen) atoms. The Labute approximate surface area is 166 Å². The van der Waals surface area contributed by atoms with Crippen molar-refractivity contribution < 1.29 is 14.0 Å². The van der Waals surface area contributed by atoms with E-state index in [0.717, 1.165) is 40.3 Å². The topological polar surface area (TPSA) is 26.3 Å². The molecular formula is C25H28NO2+. The number of carbonyl (C=O) groups is 1. The SMILES string of the molecule is CC1(C(=O)OC2CC3C4C[C@@H]4[C@H](C2)[N+]3(C)C)c2ccccc2-c2ccccc21. The van der Waals surface area contributed by atoms with Gasteiger partial charge in [0.2, 0.25) is 0 Å². The predicted octanol–water partition coefficient (Wildman–Crippen LogP) is 4.14. The Morgan fingerprint density at radius 3 is 1.93 bits per heavy atom. The van der Waals surface area contributed by atoms with Gasteiger partial charge in [-0.05, 0) is 35.6 Å². The molecule has 2 heterocycles. The van der Waals surface area contributed by atoms with Gasteiger partial charge in [-0.15, -0.1) is 0 Å². The Kier molecular flexibility index (Phi) is 3.16. The molecule has 0 aromatic heterocycles. The van der Waals surface area contributed by atoms with Gasteiger partial charge in [0.15, 0.2) is 0 Å². The smallest absolute Gasteiger partial charge is 0.321 e. The fraction of sp³-hybridized carbons (Fsp3) is 0.480. The molecule has 0 spiro atoms. The van der Waals surface area contributed by atoms with Gasteiger partial charge < -0.3 is 9.22 Å². The van der Waals surface area contributed by atoms with E-state index in [1.165, 1.54) is 17.5 Å². The third kappa shape index (κ3) is 1.96. The Bertz CT molecular complexity index is 928. The molecule has 2 aromatic carbocycles. The second-order valence-electron chi connectivity index (χ2n) is 10.0. The van der Waals surface area contributed by atoms with E-state index >= 15 is 0 Å². The van der Waals surface area contributed by atoms with Crippen molar-refractivity contribution in [2.24, 2.45) is 11.8 Å². The fourth-order valence-electron chi connectivity index (χ4n) is 6.92. The van der Waals surface area contributed by atoms with Gasteiger partial charge in [0.05, 0.1) is 26.2 Å². The van der Waals surface area contributed by atoms with Gasteiger partial charge in [-0.25, -0.2) is 0 Å². The molecule has 0 radical (unpaired) electrons. The molecule has 2 aliphatic heterocycles. The summed E-state index contributed by atoms with van der Waals surface area (Å²) in [5.41, 5.74) is 3.79. The number of nitrogens with zero attached hydrogens (tertiary/aromatic N) is 1. The quantitative estimate of drug-likeness (QED) is 0.583. The molecule has 3 nitrogen and oxygen atoms in total. The summed E-state index contributed by atoms with van der Waals surface area (Å²) in [6.07, 6.45) is 3.51. The zero-order valence-corrected chi connectivity index (χ0v) is 16.9. The lowest BCUT2D eigenvalue weighted by Crippen LogP contribution is -2.59. The van der Waals surface area contributed by atoms with Crippen LogP contribution in [0.3, 0.4) is 0 Å². The fourth-order valence-corrected chi connectivity index (χ4v) is 6.92. The highest BCUT2D eigenvalue weighted by molar-refractivity contribution is 5.97. The molecule has 2 aliphatic carbocycles. The van der Waals surface area contributed by atoms with Crippen LogP contribution < -0.4 is 0 Å². The van der Waals surface area contributed by atoms with Crippen molar-refractivity contribution in [3.63, 3.8) is 0 Å². The van der Waals surface area contributed by atoms with Crippen molar-refractivity contribution >= 4 is 5.97 Å². The average molecular weight is 375 g/mol. The minimum absolute atomic E-state index is 0.0678. The summed E-state index contributed by atoms with van der Waals surface area (Å²) >= 11 is 0. The van der Waals surface area contributed by atoms with E-state index < -0.39 is 5.41 Å². The number of rotatable bonds is 2. The molecule has 2 saturated heterocycles. The van der Waals surface area contributed by atoms with Crippen LogP contribution >= 0.6 is 0 Å². The van der Waals surface area contributed by atoms with Crippen molar-refractivity contribution in [3.8, 4) is 11.1 Å². The van der Waals surface area contributed by atoms with Gasteiger partial charge in [0, 0.05) is 24.7 Å². The van der Waals surface area contributed by atoms with Gasteiger partial charge in [0.1, 0.15) is 11.5 Å². The summed E-state index contributed by atoms with van der Waals surface area (Å²) < 4.78 is 7.42. The van der Waals surface area contributed by atoms with Crippen LogP contribution in [0.5, 0.6) is 0 Å². The lowest BCUT2D eigenvalue weighted by molar-refractivity contribution is -0.937. The highest BCUT2D eigenvalue weighted by atomic mass is 16.5. The first kappa shape index (κ1) is 16.8. The van der Waals surface area contributed by atoms with Crippen molar-refractivity contribution in [2.45, 2.75) is 49.8 Å². The maximum atomic E-state index is 13.6. The van der Waals surface area contributed by atoms with Crippen LogP contribution in [0.4, 0.5) is 0 Å². The molecule has 0 amide bonds. The van der Waals surface area contributed by atoms with Crippen LogP contribution in [0, 0.1) is 11.8 Å². The molecule has 0 N–H and O–H groups in total. The number of quaternary nitrogens is 1. The van der Waals surface area contributed by atoms with Gasteiger partial charge in [-0.1, -0.05) is 48.5 Å². The summed E-state index contributed by atoms with van der Waals surface area (Å²) in [7, 11) is 4.76. The minimum Gasteiger partial charge on any atom is -0.461 e. The van der Waals surface area contributed by atoms with E-state index in [2.05, 4.69) is 57.4 Å². The zero-order valence-electron chi connectivity index (χ0n) is 16.9. The van der Waals surface area contributed by atoms with Crippen LogP contribution in [0.25, 0.3) is 11.1 Å². The third-order valence-corrected chi connectivity index (χ3v) is 8.50. The molecule has 3 unspecified atom stereocenters. The van der Waals surface area contributed by atoms with E-state index in [1.54, 1.807) is 0 Å². The Hall–Kier alpha value is -2.13. The molecule has 144 valence electrons. The Morgan fingerprint density at radius 2 is 1.39 bits per heavy atom. The second kappa shape index (κ2) is 5.27. The molecule has 2 aromatic rings. The minimum atomic E-state index is -0.711. The first-order chi connectivity index (χ1) is 13.4. The summed E-state index contributed by atoms with van der Waals surface area (Å²) in [6.45, 7) is 2.05. The normalized spacial score (nSPS) is 34.9. The number of benzene rings is 2. The number of hydrogen-bond acceptors (Lipinski definition) is 2. The van der Waals surface area contributed by atoms with Crippen molar-refractivity contribution in [1.82, 2.24) is 0 Å². The Morgan fingerprint density at radius 1 is 0.893 bits per heavy atom. The monoisotopic (exact) mass is 374 g/mol. The maximum Gasteiger partial charge on any atom is 0.321 e. The van der Waals surface area contributed by atoms with E-state index in [9.17, 15) is 4.79 Å². The molecule has 6 rings (SSSR count). The largest absolute Gasteiger partial charge is 0.461 e. The van der Waals surface area contributed by atoms with Crippen LogP contribution in [0.1, 0.15) is 37.3 Å². The van der Waals surface area contributed by atoms with Gasteiger partial charge >= 0.3 is 5.97 Å². The summed E-state index contributed by atoms with van der Waals surface area (Å²) in [4.78, 5) is 13.6. The van der Waals surface area contributed by atoms with Crippen molar-refractivity contribution in [3.05, 3.63) is 59.7 Å². The number of piperidine rings is 2. The standard InChI is InChI=1S/C25H28NO2/c1-25(20-10-6-4-8-16(20)17-9-5-7-11-21(17)25)24(27)28-15-12-22-18-14-19(18)23(13-15)26(22,2)3/h4-11,15,18-19,22-23H,12-14H2,1-3H3/q+1/t15?,18-,19?,22-,23?/m0/s1. The Balaban J connectivity index is 1.33. The lowest BCUT2D eigenvalue weighted by Gasteiger charge is -2.46. The maximum absolute atomic E-state index is 13.6. The lowest BCUT2D eigenvalue weighted by atomic mass is 9.80. The van der Waals surface area contributed by atoms with Crippen molar-refractivity contribution in [1.29, 1.82) is 0 Å². The average Bonchev–Trinajstić information content (AvgIpc) is 3.40. The van der Waals surface area contributed by atoms with Gasteiger partial charge in [0.25, 0.3) is 0 Å². The van der Waals surface area contributed by atoms with Crippen molar-refractivity contribution in [2.75, 3.05) is 14.1 Å². The molecule has 5 atom stereocenters. The molecule has 3 heteroatoms. The summed E-state index contributed by atoms with van der Waals surface area (Å²) in [6, 6.07) is 17.9. The van der Waals surface area contributed by atoms with Gasteiger partial charge in [-0.2, -0.15) is 0 Å². The number of fused-ring (bicyclic) bond motifs is 8. The van der Waals surface area contributed by atoms with Gasteiger partial charge in [-0.3, -0.25) is 4.79 Å². The van der Waals surface area contributed by atoms with Crippen LogP contribution in [0.15, 0.2) is 48.5 Å².